The summed E-state index contributed by atoms with van der Waals surface area (Å²) in [6.45, 7) is 6.03. The molecule has 1 heterocycles. The third kappa shape index (κ3) is 4.76. The summed E-state index contributed by atoms with van der Waals surface area (Å²) in [6.07, 6.45) is 0.982. The number of aromatic nitrogens is 3. The number of hydrogen-bond donors (Lipinski definition) is 2. The van der Waals surface area contributed by atoms with E-state index in [1.54, 1.807) is 19.1 Å². The highest BCUT2D eigenvalue weighted by Gasteiger charge is 2.21. The van der Waals surface area contributed by atoms with Crippen molar-refractivity contribution in [3.8, 4) is 11.4 Å². The first-order valence-corrected chi connectivity index (χ1v) is 10.3. The Morgan fingerprint density at radius 3 is 2.69 bits per heavy atom. The van der Waals surface area contributed by atoms with Crippen molar-refractivity contribution in [1.29, 1.82) is 0 Å². The second-order valence-corrected chi connectivity index (χ2v) is 8.14. The standard InChI is InChI=1S/C21H24FN5OS/c1-4-13(2)17-10-5-6-11-18(17)24-20(28)14(3)29-21-26-25-19(27(21)23)15-8-7-9-16(22)12-15/h5-14H,4,23H2,1-3H3,(H,24,28)/t13-,14+/m0/s1. The van der Waals surface area contributed by atoms with Crippen LogP contribution in [0.15, 0.2) is 53.7 Å². The van der Waals surface area contributed by atoms with Crippen LogP contribution in [0, 0.1) is 5.82 Å². The first-order valence-electron chi connectivity index (χ1n) is 9.43. The van der Waals surface area contributed by atoms with Gasteiger partial charge in [0.15, 0.2) is 5.82 Å². The van der Waals surface area contributed by atoms with Crippen LogP contribution in [0.5, 0.6) is 0 Å². The highest BCUT2D eigenvalue weighted by molar-refractivity contribution is 8.00. The largest absolute Gasteiger partial charge is 0.335 e. The Hall–Kier alpha value is -2.87. The van der Waals surface area contributed by atoms with Gasteiger partial charge in [0.05, 0.1) is 5.25 Å². The summed E-state index contributed by atoms with van der Waals surface area (Å²) in [5, 5.41) is 11.0. The van der Waals surface area contributed by atoms with Gasteiger partial charge in [-0.1, -0.05) is 55.9 Å². The molecule has 1 amide bonds. The highest BCUT2D eigenvalue weighted by Crippen LogP contribution is 2.29. The molecule has 0 fully saturated rings. The smallest absolute Gasteiger partial charge is 0.237 e. The molecule has 0 aliphatic heterocycles. The minimum absolute atomic E-state index is 0.152. The first-order chi connectivity index (χ1) is 13.9. The normalized spacial score (nSPS) is 13.1. The molecule has 0 bridgehead atoms. The molecule has 3 rings (SSSR count). The van der Waals surface area contributed by atoms with Gasteiger partial charge in [0.25, 0.3) is 0 Å². The molecule has 0 radical (unpaired) electrons. The third-order valence-corrected chi connectivity index (χ3v) is 5.82. The SMILES string of the molecule is CC[C@H](C)c1ccccc1NC(=O)[C@@H](C)Sc1nnc(-c2cccc(F)c2)n1N. The molecular weight excluding hydrogens is 389 g/mol. The van der Waals surface area contributed by atoms with Crippen molar-refractivity contribution in [2.75, 3.05) is 11.2 Å². The third-order valence-electron chi connectivity index (χ3n) is 4.76. The van der Waals surface area contributed by atoms with Crippen LogP contribution in [0.4, 0.5) is 10.1 Å². The van der Waals surface area contributed by atoms with Crippen LogP contribution in [-0.4, -0.2) is 26.0 Å². The fourth-order valence-electron chi connectivity index (χ4n) is 2.89. The number of nitrogens with two attached hydrogens (primary N) is 1. The maximum Gasteiger partial charge on any atom is 0.237 e. The second kappa shape index (κ2) is 9.09. The number of nitrogens with one attached hydrogen (secondary N) is 1. The van der Waals surface area contributed by atoms with E-state index in [0.29, 0.717) is 22.5 Å². The van der Waals surface area contributed by atoms with Crippen LogP contribution in [0.3, 0.4) is 0 Å². The van der Waals surface area contributed by atoms with E-state index in [4.69, 9.17) is 5.84 Å². The van der Waals surface area contributed by atoms with Gasteiger partial charge in [0, 0.05) is 11.3 Å². The highest BCUT2D eigenvalue weighted by atomic mass is 32.2. The summed E-state index contributed by atoms with van der Waals surface area (Å²) >= 11 is 1.20. The van der Waals surface area contributed by atoms with Gasteiger partial charge in [0.2, 0.25) is 11.1 Å². The molecule has 0 aliphatic carbocycles. The molecular formula is C21H24FN5OS. The Morgan fingerprint density at radius 1 is 1.21 bits per heavy atom. The van der Waals surface area contributed by atoms with Gasteiger partial charge in [-0.25, -0.2) is 9.07 Å². The number of amides is 1. The number of hydrogen-bond acceptors (Lipinski definition) is 5. The molecule has 0 aliphatic rings. The van der Waals surface area contributed by atoms with E-state index in [9.17, 15) is 9.18 Å². The van der Waals surface area contributed by atoms with Crippen LogP contribution in [-0.2, 0) is 4.79 Å². The van der Waals surface area contributed by atoms with E-state index in [1.165, 1.54) is 28.6 Å². The number of anilines is 1. The van der Waals surface area contributed by atoms with Gasteiger partial charge in [-0.15, -0.1) is 10.2 Å². The van der Waals surface area contributed by atoms with Crippen molar-refractivity contribution >= 4 is 23.4 Å². The quantitative estimate of drug-likeness (QED) is 0.442. The number of halogens is 1. The second-order valence-electron chi connectivity index (χ2n) is 6.83. The maximum atomic E-state index is 13.5. The molecule has 3 aromatic rings. The summed E-state index contributed by atoms with van der Waals surface area (Å²) in [5.41, 5.74) is 2.44. The van der Waals surface area contributed by atoms with E-state index in [2.05, 4.69) is 29.4 Å². The molecule has 0 spiro atoms. The summed E-state index contributed by atoms with van der Waals surface area (Å²) in [5.74, 6) is 6.23. The molecule has 2 atom stereocenters. The van der Waals surface area contributed by atoms with Crippen LogP contribution in [0.2, 0.25) is 0 Å². The summed E-state index contributed by atoms with van der Waals surface area (Å²) < 4.78 is 14.7. The Kier molecular flexibility index (Phi) is 6.53. The molecule has 0 saturated carbocycles. The minimum atomic E-state index is -0.452. The molecule has 6 nitrogen and oxygen atoms in total. The van der Waals surface area contributed by atoms with Gasteiger partial charge in [0.1, 0.15) is 5.82 Å². The Labute approximate surface area is 173 Å². The van der Waals surface area contributed by atoms with Crippen molar-refractivity contribution in [2.24, 2.45) is 0 Å². The van der Waals surface area contributed by atoms with E-state index in [1.807, 2.05) is 24.3 Å². The van der Waals surface area contributed by atoms with Crippen molar-refractivity contribution in [3.05, 3.63) is 59.9 Å². The zero-order chi connectivity index (χ0) is 21.0. The van der Waals surface area contributed by atoms with Crippen LogP contribution < -0.4 is 11.2 Å². The van der Waals surface area contributed by atoms with Crippen molar-refractivity contribution in [3.63, 3.8) is 0 Å². The molecule has 8 heteroatoms. The van der Waals surface area contributed by atoms with Gasteiger partial charge < -0.3 is 11.2 Å². The topological polar surface area (TPSA) is 85.8 Å². The fraction of sp³-hybridized carbons (Fsp3) is 0.286. The van der Waals surface area contributed by atoms with E-state index < -0.39 is 5.25 Å². The molecule has 1 aromatic heterocycles. The van der Waals surface area contributed by atoms with Gasteiger partial charge in [-0.2, -0.15) is 0 Å². The number of thioether (sulfide) groups is 1. The fourth-order valence-corrected chi connectivity index (χ4v) is 3.66. The van der Waals surface area contributed by atoms with Crippen molar-refractivity contribution < 1.29 is 9.18 Å². The molecule has 3 N–H and O–H groups in total. The van der Waals surface area contributed by atoms with E-state index in [0.717, 1.165) is 17.7 Å². The minimum Gasteiger partial charge on any atom is -0.335 e. The molecule has 152 valence electrons. The van der Waals surface area contributed by atoms with Crippen molar-refractivity contribution in [1.82, 2.24) is 14.9 Å². The number of carbonyl (C=O) groups excluding carboxylic acids is 1. The van der Waals surface area contributed by atoms with E-state index in [-0.39, 0.29) is 11.7 Å². The average molecular weight is 414 g/mol. The lowest BCUT2D eigenvalue weighted by atomic mass is 9.97. The first kappa shape index (κ1) is 20.9. The number of nitrogen functional groups attached to an aromatic ring is 1. The molecule has 29 heavy (non-hydrogen) atoms. The molecule has 0 unspecified atom stereocenters. The maximum absolute atomic E-state index is 13.5. The van der Waals surface area contributed by atoms with E-state index >= 15 is 0 Å². The Bertz CT molecular complexity index is 1010. The molecule has 2 aromatic carbocycles. The zero-order valence-corrected chi connectivity index (χ0v) is 17.4. The summed E-state index contributed by atoms with van der Waals surface area (Å²) in [7, 11) is 0. The lowest BCUT2D eigenvalue weighted by Gasteiger charge is -2.17. The average Bonchev–Trinajstić information content (AvgIpc) is 3.08. The summed E-state index contributed by atoms with van der Waals surface area (Å²) in [6, 6.07) is 13.8. The van der Waals surface area contributed by atoms with Crippen LogP contribution >= 0.6 is 11.8 Å². The number of nitrogens with zero attached hydrogens (tertiary/aromatic N) is 3. The lowest BCUT2D eigenvalue weighted by molar-refractivity contribution is -0.115. The van der Waals surface area contributed by atoms with Crippen LogP contribution in [0.1, 0.15) is 38.7 Å². The zero-order valence-electron chi connectivity index (χ0n) is 16.6. The number of para-hydroxylation sites is 1. The van der Waals surface area contributed by atoms with Crippen molar-refractivity contribution in [2.45, 2.75) is 43.5 Å². The predicted molar refractivity (Wildman–Crippen MR) is 115 cm³/mol. The summed E-state index contributed by atoms with van der Waals surface area (Å²) in [4.78, 5) is 12.7. The van der Waals surface area contributed by atoms with Gasteiger partial charge in [-0.05, 0) is 43.0 Å². The monoisotopic (exact) mass is 413 g/mol. The number of carbonyl (C=O) groups is 1. The molecule has 0 saturated heterocycles. The Balaban J connectivity index is 1.73. The Morgan fingerprint density at radius 2 is 1.97 bits per heavy atom. The number of rotatable bonds is 7. The van der Waals surface area contributed by atoms with Gasteiger partial charge in [-0.3, -0.25) is 4.79 Å². The van der Waals surface area contributed by atoms with Crippen LogP contribution in [0.25, 0.3) is 11.4 Å². The predicted octanol–water partition coefficient (Wildman–Crippen LogP) is 4.43. The van der Waals surface area contributed by atoms with Gasteiger partial charge >= 0.3 is 0 Å². The lowest BCUT2D eigenvalue weighted by Crippen LogP contribution is -2.24. The number of benzene rings is 2.